The van der Waals surface area contributed by atoms with Gasteiger partial charge in [0.15, 0.2) is 0 Å². The van der Waals surface area contributed by atoms with Crippen molar-refractivity contribution in [3.63, 3.8) is 0 Å². The fraction of sp³-hybridized carbons (Fsp3) is 0.478. The summed E-state index contributed by atoms with van der Waals surface area (Å²) >= 11 is 1.92. The number of rotatable bonds is 4. The van der Waals surface area contributed by atoms with E-state index in [1.807, 2.05) is 23.5 Å². The standard InChI is InChI=1S/C19H23FN2S.2C2HF3O2/c1-14-5-6-19(23-14)13-22-11-16-9-21(10-17(16)12-22)8-15-3-2-4-18(20)7-15;2*3-2(4,5)1(6)7/h2-7,16-17H,8-13H2,1H3;2*(H,6,7). The monoisotopic (exact) mass is 558 g/mol. The van der Waals surface area contributed by atoms with Gasteiger partial charge in [-0.3, -0.25) is 9.80 Å². The molecule has 2 aliphatic heterocycles. The molecule has 2 aromatic rings. The predicted molar refractivity (Wildman–Crippen MR) is 120 cm³/mol. The molecule has 1 aromatic carbocycles. The lowest BCUT2D eigenvalue weighted by atomic mass is 10.0. The van der Waals surface area contributed by atoms with E-state index in [1.165, 1.54) is 28.9 Å². The molecule has 2 saturated heterocycles. The van der Waals surface area contributed by atoms with E-state index >= 15 is 0 Å². The molecule has 14 heteroatoms. The van der Waals surface area contributed by atoms with Gasteiger partial charge in [-0.05, 0) is 48.6 Å². The van der Waals surface area contributed by atoms with Crippen molar-refractivity contribution in [3.05, 3.63) is 57.5 Å². The topological polar surface area (TPSA) is 81.1 Å². The second-order valence-corrected chi connectivity index (χ2v) is 10.0. The number of carboxylic acid groups (broad SMARTS) is 2. The number of nitrogens with zero attached hydrogens (tertiary/aromatic N) is 2. The molecule has 3 heterocycles. The minimum atomic E-state index is -5.08. The van der Waals surface area contributed by atoms with Crippen LogP contribution in [0.3, 0.4) is 0 Å². The number of thiophene rings is 1. The highest BCUT2D eigenvalue weighted by Gasteiger charge is 2.40. The Bertz CT molecular complexity index is 1020. The van der Waals surface area contributed by atoms with Crippen molar-refractivity contribution in [2.45, 2.75) is 32.4 Å². The molecule has 0 saturated carbocycles. The lowest BCUT2D eigenvalue weighted by Gasteiger charge is -2.21. The van der Waals surface area contributed by atoms with Gasteiger partial charge in [0.2, 0.25) is 0 Å². The van der Waals surface area contributed by atoms with Gasteiger partial charge in [-0.25, -0.2) is 14.0 Å². The van der Waals surface area contributed by atoms with Crippen LogP contribution in [0.5, 0.6) is 0 Å². The Labute approximate surface area is 211 Å². The number of carbonyl (C=O) groups is 2. The lowest BCUT2D eigenvalue weighted by molar-refractivity contribution is -0.193. The van der Waals surface area contributed by atoms with E-state index in [9.17, 15) is 30.7 Å². The van der Waals surface area contributed by atoms with Crippen molar-refractivity contribution in [2.75, 3.05) is 26.2 Å². The van der Waals surface area contributed by atoms with Crippen molar-refractivity contribution >= 4 is 23.3 Å². The van der Waals surface area contributed by atoms with Crippen molar-refractivity contribution in [3.8, 4) is 0 Å². The molecule has 2 aliphatic rings. The van der Waals surface area contributed by atoms with E-state index in [-0.39, 0.29) is 5.82 Å². The van der Waals surface area contributed by atoms with E-state index in [0.29, 0.717) is 0 Å². The van der Waals surface area contributed by atoms with E-state index in [0.717, 1.165) is 43.6 Å². The molecule has 4 rings (SSSR count). The van der Waals surface area contributed by atoms with Crippen LogP contribution in [0.25, 0.3) is 0 Å². The van der Waals surface area contributed by atoms with Crippen molar-refractivity contribution in [2.24, 2.45) is 11.8 Å². The SMILES string of the molecule is Cc1ccc(CN2CC3CN(Cc4cccc(F)c4)CC3C2)s1.O=C(O)C(F)(F)F.O=C(O)C(F)(F)F. The number of carboxylic acids is 2. The van der Waals surface area contributed by atoms with Crippen LogP contribution >= 0.6 is 11.3 Å². The molecule has 0 amide bonds. The average Bonchev–Trinajstić information content (AvgIpc) is 3.42. The predicted octanol–water partition coefficient (Wildman–Crippen LogP) is 5.03. The molecule has 0 aliphatic carbocycles. The summed E-state index contributed by atoms with van der Waals surface area (Å²) in [5.41, 5.74) is 1.09. The molecule has 0 spiro atoms. The maximum Gasteiger partial charge on any atom is 0.490 e. The molecular formula is C23H25F7N2O4S. The lowest BCUT2D eigenvalue weighted by Crippen LogP contribution is -2.28. The van der Waals surface area contributed by atoms with Crippen LogP contribution in [0, 0.1) is 24.6 Å². The highest BCUT2D eigenvalue weighted by Crippen LogP contribution is 2.33. The highest BCUT2D eigenvalue weighted by molar-refractivity contribution is 7.11. The zero-order valence-corrected chi connectivity index (χ0v) is 20.3. The first kappa shape index (κ1) is 30.5. The van der Waals surface area contributed by atoms with E-state index in [1.54, 1.807) is 6.07 Å². The first-order valence-electron chi connectivity index (χ1n) is 10.9. The summed E-state index contributed by atoms with van der Waals surface area (Å²) in [7, 11) is 0. The quantitative estimate of drug-likeness (QED) is 0.513. The smallest absolute Gasteiger partial charge is 0.475 e. The Balaban J connectivity index is 0.000000286. The summed E-state index contributed by atoms with van der Waals surface area (Å²) < 4.78 is 76.8. The fourth-order valence-corrected chi connectivity index (χ4v) is 5.06. The van der Waals surface area contributed by atoms with Gasteiger partial charge in [-0.15, -0.1) is 11.3 Å². The number of aryl methyl sites for hydroxylation is 1. The largest absolute Gasteiger partial charge is 0.490 e. The van der Waals surface area contributed by atoms with Gasteiger partial charge in [0.1, 0.15) is 5.82 Å². The van der Waals surface area contributed by atoms with Gasteiger partial charge >= 0.3 is 24.3 Å². The van der Waals surface area contributed by atoms with Gasteiger partial charge in [-0.1, -0.05) is 12.1 Å². The first-order valence-corrected chi connectivity index (χ1v) is 11.7. The third kappa shape index (κ3) is 10.3. The zero-order valence-electron chi connectivity index (χ0n) is 19.5. The number of benzene rings is 1. The number of hydrogen-bond donors (Lipinski definition) is 2. The minimum absolute atomic E-state index is 0.126. The van der Waals surface area contributed by atoms with Gasteiger partial charge in [-0.2, -0.15) is 26.3 Å². The Morgan fingerprint density at radius 3 is 1.70 bits per heavy atom. The number of aliphatic carboxylic acids is 2. The van der Waals surface area contributed by atoms with Crippen molar-refractivity contribution < 1.29 is 50.5 Å². The number of hydrogen-bond acceptors (Lipinski definition) is 5. The Morgan fingerprint density at radius 2 is 1.32 bits per heavy atom. The molecular weight excluding hydrogens is 533 g/mol. The van der Waals surface area contributed by atoms with Crippen LogP contribution < -0.4 is 0 Å². The maximum atomic E-state index is 13.3. The van der Waals surface area contributed by atoms with E-state index in [4.69, 9.17) is 19.8 Å². The second-order valence-electron chi connectivity index (χ2n) is 8.66. The Kier molecular flexibility index (Phi) is 10.5. The molecule has 206 valence electrons. The number of alkyl halides is 6. The Hall–Kier alpha value is -2.71. The summed E-state index contributed by atoms with van der Waals surface area (Å²) in [5.74, 6) is -4.08. The minimum Gasteiger partial charge on any atom is -0.475 e. The number of fused-ring (bicyclic) bond motifs is 1. The Morgan fingerprint density at radius 1 is 0.865 bits per heavy atom. The summed E-state index contributed by atoms with van der Waals surface area (Å²) in [6, 6.07) is 11.5. The summed E-state index contributed by atoms with van der Waals surface area (Å²) in [6.45, 7) is 8.90. The van der Waals surface area contributed by atoms with Gasteiger partial charge in [0, 0.05) is 49.0 Å². The second kappa shape index (κ2) is 12.7. The summed E-state index contributed by atoms with van der Waals surface area (Å²) in [6.07, 6.45) is -10.2. The molecule has 2 unspecified atom stereocenters. The first-order chi connectivity index (χ1) is 17.0. The summed E-state index contributed by atoms with van der Waals surface area (Å²) in [5, 5.41) is 14.2. The maximum absolute atomic E-state index is 13.3. The van der Waals surface area contributed by atoms with Crippen LogP contribution in [-0.4, -0.2) is 70.5 Å². The number of likely N-dealkylation sites (tertiary alicyclic amines) is 2. The molecule has 2 fully saturated rings. The van der Waals surface area contributed by atoms with Gasteiger partial charge in [0.25, 0.3) is 0 Å². The molecule has 2 N–H and O–H groups in total. The number of halogens is 7. The zero-order chi connectivity index (χ0) is 28.0. The fourth-order valence-electron chi connectivity index (χ4n) is 4.13. The molecule has 0 bridgehead atoms. The van der Waals surface area contributed by atoms with Crippen molar-refractivity contribution in [1.29, 1.82) is 0 Å². The average molecular weight is 559 g/mol. The van der Waals surface area contributed by atoms with Crippen LogP contribution in [0.1, 0.15) is 15.3 Å². The highest BCUT2D eigenvalue weighted by atomic mass is 32.1. The van der Waals surface area contributed by atoms with Crippen LogP contribution in [0.4, 0.5) is 30.7 Å². The van der Waals surface area contributed by atoms with Crippen molar-refractivity contribution in [1.82, 2.24) is 9.80 Å². The normalized spacial score (nSPS) is 19.9. The van der Waals surface area contributed by atoms with Gasteiger partial charge < -0.3 is 10.2 Å². The third-order valence-corrected chi connectivity index (χ3v) is 6.58. The third-order valence-electron chi connectivity index (χ3n) is 5.59. The molecule has 6 nitrogen and oxygen atoms in total. The van der Waals surface area contributed by atoms with E-state index in [2.05, 4.69) is 28.9 Å². The molecule has 0 radical (unpaired) electrons. The summed E-state index contributed by atoms with van der Waals surface area (Å²) in [4.78, 5) is 25.8. The van der Waals surface area contributed by atoms with E-state index < -0.39 is 24.3 Å². The molecule has 37 heavy (non-hydrogen) atoms. The van der Waals surface area contributed by atoms with Crippen LogP contribution in [-0.2, 0) is 22.7 Å². The van der Waals surface area contributed by atoms with Crippen LogP contribution in [0.15, 0.2) is 36.4 Å². The molecule has 2 atom stereocenters. The van der Waals surface area contributed by atoms with Gasteiger partial charge in [0.05, 0.1) is 0 Å². The molecule has 1 aromatic heterocycles. The van der Waals surface area contributed by atoms with Crippen LogP contribution in [0.2, 0.25) is 0 Å².